The third-order valence-electron chi connectivity index (χ3n) is 5.24. The highest BCUT2D eigenvalue weighted by molar-refractivity contribution is 6.36. The summed E-state index contributed by atoms with van der Waals surface area (Å²) in [6.07, 6.45) is 0. The molecule has 2 heterocycles. The van der Waals surface area contributed by atoms with Crippen LogP contribution in [0.5, 0.6) is 5.75 Å². The van der Waals surface area contributed by atoms with Crippen LogP contribution in [0, 0.1) is 12.7 Å². The Labute approximate surface area is 173 Å². The van der Waals surface area contributed by atoms with Crippen molar-refractivity contribution < 1.29 is 18.7 Å². The third kappa shape index (κ3) is 3.93. The molecule has 152 valence electrons. The maximum absolute atomic E-state index is 13.0. The average molecular weight is 418 g/mol. The molecular weight excluding hydrogens is 397 g/mol. The highest BCUT2D eigenvalue weighted by atomic mass is 35.5. The van der Waals surface area contributed by atoms with Crippen LogP contribution >= 0.6 is 11.6 Å². The summed E-state index contributed by atoms with van der Waals surface area (Å²) in [5.41, 5.74) is 1.36. The molecule has 4 rings (SSSR count). The number of hydrogen-bond acceptors (Lipinski definition) is 4. The third-order valence-corrected chi connectivity index (χ3v) is 5.56. The second-order valence-corrected chi connectivity index (χ2v) is 7.63. The SMILES string of the molecule is Cc1ccc(Cl)c(N2C(=O)C3CN(CCOc4ccc(F)cc4)CCN3C2=O)c1. The molecule has 8 heteroatoms. The number of carbonyl (C=O) groups excluding carboxylic acids is 2. The van der Waals surface area contributed by atoms with Crippen LogP contribution in [0.2, 0.25) is 5.02 Å². The summed E-state index contributed by atoms with van der Waals surface area (Å²) in [5, 5.41) is 0.377. The summed E-state index contributed by atoms with van der Waals surface area (Å²) < 4.78 is 18.6. The summed E-state index contributed by atoms with van der Waals surface area (Å²) >= 11 is 6.25. The van der Waals surface area contributed by atoms with Crippen LogP contribution in [-0.2, 0) is 4.79 Å². The maximum atomic E-state index is 13.0. The molecule has 0 N–H and O–H groups in total. The lowest BCUT2D eigenvalue weighted by Gasteiger charge is -2.35. The molecule has 2 aliphatic heterocycles. The Bertz CT molecular complexity index is 937. The van der Waals surface area contributed by atoms with Gasteiger partial charge in [-0.25, -0.2) is 14.1 Å². The van der Waals surface area contributed by atoms with Crippen LogP contribution < -0.4 is 9.64 Å². The van der Waals surface area contributed by atoms with E-state index in [0.29, 0.717) is 49.2 Å². The van der Waals surface area contributed by atoms with E-state index in [0.717, 1.165) is 5.56 Å². The minimum absolute atomic E-state index is 0.258. The van der Waals surface area contributed by atoms with E-state index in [1.807, 2.05) is 13.0 Å². The number of hydrogen-bond donors (Lipinski definition) is 0. The van der Waals surface area contributed by atoms with Crippen LogP contribution in [0.15, 0.2) is 42.5 Å². The summed E-state index contributed by atoms with van der Waals surface area (Å²) in [4.78, 5) is 30.7. The van der Waals surface area contributed by atoms with E-state index in [1.165, 1.54) is 17.0 Å². The summed E-state index contributed by atoms with van der Waals surface area (Å²) in [6.45, 7) is 4.46. The van der Waals surface area contributed by atoms with E-state index in [2.05, 4.69) is 4.90 Å². The number of halogens is 2. The predicted molar refractivity (Wildman–Crippen MR) is 108 cm³/mol. The van der Waals surface area contributed by atoms with Gasteiger partial charge in [-0.1, -0.05) is 17.7 Å². The molecule has 2 aliphatic rings. The first-order chi connectivity index (χ1) is 13.9. The maximum Gasteiger partial charge on any atom is 0.332 e. The molecule has 29 heavy (non-hydrogen) atoms. The van der Waals surface area contributed by atoms with Crippen LogP contribution in [0.1, 0.15) is 5.56 Å². The highest BCUT2D eigenvalue weighted by Gasteiger charge is 2.48. The molecule has 3 amide bonds. The molecule has 0 spiro atoms. The van der Waals surface area contributed by atoms with Crippen molar-refractivity contribution in [2.75, 3.05) is 37.7 Å². The Morgan fingerprint density at radius 2 is 1.90 bits per heavy atom. The Balaban J connectivity index is 1.40. The normalized spacial score (nSPS) is 19.6. The zero-order chi connectivity index (χ0) is 20.5. The summed E-state index contributed by atoms with van der Waals surface area (Å²) in [5.74, 6) is 0.0280. The minimum atomic E-state index is -0.529. The van der Waals surface area contributed by atoms with Crippen LogP contribution in [0.3, 0.4) is 0 Å². The van der Waals surface area contributed by atoms with Gasteiger partial charge in [0.25, 0.3) is 5.91 Å². The molecule has 2 saturated heterocycles. The fourth-order valence-corrected chi connectivity index (χ4v) is 3.90. The number of piperazine rings is 1. The molecule has 0 saturated carbocycles. The van der Waals surface area contributed by atoms with Gasteiger partial charge in [-0.15, -0.1) is 0 Å². The van der Waals surface area contributed by atoms with E-state index < -0.39 is 6.04 Å². The van der Waals surface area contributed by atoms with Crippen molar-refractivity contribution in [3.63, 3.8) is 0 Å². The minimum Gasteiger partial charge on any atom is -0.492 e. The molecule has 2 fully saturated rings. The number of benzene rings is 2. The molecule has 0 bridgehead atoms. The number of rotatable bonds is 5. The van der Waals surface area contributed by atoms with Gasteiger partial charge >= 0.3 is 6.03 Å². The number of anilines is 1. The quantitative estimate of drug-likeness (QED) is 0.700. The van der Waals surface area contributed by atoms with E-state index in [4.69, 9.17) is 16.3 Å². The first-order valence-corrected chi connectivity index (χ1v) is 9.83. The molecule has 2 aromatic rings. The van der Waals surface area contributed by atoms with Gasteiger partial charge in [0.05, 0.1) is 10.7 Å². The fraction of sp³-hybridized carbons (Fsp3) is 0.333. The van der Waals surface area contributed by atoms with Gasteiger partial charge in [0.15, 0.2) is 0 Å². The van der Waals surface area contributed by atoms with Crippen LogP contribution in [0.4, 0.5) is 14.9 Å². The van der Waals surface area contributed by atoms with Crippen LogP contribution in [0.25, 0.3) is 0 Å². The first-order valence-electron chi connectivity index (χ1n) is 9.45. The fourth-order valence-electron chi connectivity index (χ4n) is 3.69. The molecule has 2 aromatic carbocycles. The van der Waals surface area contributed by atoms with Gasteiger partial charge in [0, 0.05) is 26.2 Å². The van der Waals surface area contributed by atoms with Crippen molar-refractivity contribution in [2.45, 2.75) is 13.0 Å². The number of fused-ring (bicyclic) bond motifs is 1. The van der Waals surface area contributed by atoms with Crippen molar-refractivity contribution in [2.24, 2.45) is 0 Å². The number of ether oxygens (including phenoxy) is 1. The van der Waals surface area contributed by atoms with Gasteiger partial charge in [-0.2, -0.15) is 0 Å². The first kappa shape index (κ1) is 19.7. The predicted octanol–water partition coefficient (Wildman–Crippen LogP) is 3.32. The highest BCUT2D eigenvalue weighted by Crippen LogP contribution is 2.33. The topological polar surface area (TPSA) is 53.1 Å². The van der Waals surface area contributed by atoms with Gasteiger partial charge in [-0.3, -0.25) is 9.69 Å². The van der Waals surface area contributed by atoms with Crippen molar-refractivity contribution in [3.05, 3.63) is 58.9 Å². The van der Waals surface area contributed by atoms with E-state index in [1.54, 1.807) is 29.2 Å². The molecule has 0 aliphatic carbocycles. The van der Waals surface area contributed by atoms with Gasteiger partial charge in [0.1, 0.15) is 24.2 Å². The van der Waals surface area contributed by atoms with Crippen molar-refractivity contribution in [1.82, 2.24) is 9.80 Å². The zero-order valence-corrected chi connectivity index (χ0v) is 16.7. The Morgan fingerprint density at radius 1 is 1.14 bits per heavy atom. The van der Waals surface area contributed by atoms with Gasteiger partial charge < -0.3 is 9.64 Å². The largest absolute Gasteiger partial charge is 0.492 e. The van der Waals surface area contributed by atoms with E-state index in [9.17, 15) is 14.0 Å². The molecule has 1 atom stereocenters. The second kappa shape index (κ2) is 8.00. The number of imide groups is 1. The zero-order valence-electron chi connectivity index (χ0n) is 16.0. The lowest BCUT2D eigenvalue weighted by atomic mass is 10.1. The van der Waals surface area contributed by atoms with Crippen molar-refractivity contribution in [3.8, 4) is 5.75 Å². The summed E-state index contributed by atoms with van der Waals surface area (Å²) in [7, 11) is 0. The number of aryl methyl sites for hydroxylation is 1. The van der Waals surface area contributed by atoms with E-state index in [-0.39, 0.29) is 17.8 Å². The van der Waals surface area contributed by atoms with Crippen molar-refractivity contribution in [1.29, 1.82) is 0 Å². The standard InChI is InChI=1S/C21H21ClFN3O3/c1-14-2-7-17(22)18(12-14)26-20(27)19-13-24(8-9-25(19)21(26)28)10-11-29-16-5-3-15(23)4-6-16/h2-7,12,19H,8-11,13H2,1H3. The summed E-state index contributed by atoms with van der Waals surface area (Å²) in [6, 6.07) is 10.3. The molecule has 0 radical (unpaired) electrons. The lowest BCUT2D eigenvalue weighted by molar-refractivity contribution is -0.121. The molecular formula is C21H21ClFN3O3. The number of nitrogens with zero attached hydrogens (tertiary/aromatic N) is 3. The van der Waals surface area contributed by atoms with Crippen molar-refractivity contribution >= 4 is 29.2 Å². The molecule has 1 unspecified atom stereocenters. The smallest absolute Gasteiger partial charge is 0.332 e. The lowest BCUT2D eigenvalue weighted by Crippen LogP contribution is -2.53. The average Bonchev–Trinajstić information content (AvgIpc) is 2.95. The number of carbonyl (C=O) groups is 2. The van der Waals surface area contributed by atoms with E-state index >= 15 is 0 Å². The van der Waals surface area contributed by atoms with Gasteiger partial charge in [-0.05, 0) is 48.9 Å². The Hall–Kier alpha value is -2.64. The number of amides is 3. The van der Waals surface area contributed by atoms with Crippen LogP contribution in [-0.4, -0.2) is 60.6 Å². The van der Waals surface area contributed by atoms with Gasteiger partial charge in [0.2, 0.25) is 0 Å². The Morgan fingerprint density at radius 3 is 2.66 bits per heavy atom. The monoisotopic (exact) mass is 417 g/mol. The molecule has 0 aromatic heterocycles. The second-order valence-electron chi connectivity index (χ2n) is 7.22. The Kier molecular flexibility index (Phi) is 5.43. The molecule has 6 nitrogen and oxygen atoms in total. The number of urea groups is 1.